The van der Waals surface area contributed by atoms with Crippen molar-refractivity contribution >= 4 is 33.5 Å². The van der Waals surface area contributed by atoms with Crippen LogP contribution in [-0.2, 0) is 0 Å². The second kappa shape index (κ2) is 7.32. The molecule has 11 heteroatoms. The second-order valence-electron chi connectivity index (χ2n) is 6.17. The number of piperidine rings is 1. The summed E-state index contributed by atoms with van der Waals surface area (Å²) in [5.74, 6) is 6.01. The van der Waals surface area contributed by atoms with Gasteiger partial charge in [-0.25, -0.2) is 14.8 Å². The largest absolute Gasteiger partial charge is 0.346 e. The first-order chi connectivity index (χ1) is 12.8. The maximum Gasteiger partial charge on any atom is 0.323 e. The minimum Gasteiger partial charge on any atom is -0.346 e. The third-order valence-electron chi connectivity index (χ3n) is 4.65. The van der Waals surface area contributed by atoms with E-state index in [1.807, 2.05) is 12.3 Å². The van der Waals surface area contributed by atoms with Crippen LogP contribution in [0.5, 0.6) is 0 Å². The van der Waals surface area contributed by atoms with Crippen LogP contribution in [0.15, 0.2) is 24.1 Å². The molecule has 0 bridgehead atoms. The van der Waals surface area contributed by atoms with Crippen molar-refractivity contribution in [2.75, 3.05) is 18.4 Å². The number of nitrogens with two attached hydrogens (primary N) is 1. The lowest BCUT2D eigenvalue weighted by Gasteiger charge is -2.36. The molecule has 0 spiro atoms. The molecule has 26 heavy (non-hydrogen) atoms. The van der Waals surface area contributed by atoms with Gasteiger partial charge in [-0.1, -0.05) is 11.3 Å². The van der Waals surface area contributed by atoms with Gasteiger partial charge in [0.05, 0.1) is 11.7 Å². The lowest BCUT2D eigenvalue weighted by Crippen LogP contribution is -2.47. The molecule has 4 rings (SSSR count). The first-order valence-corrected chi connectivity index (χ1v) is 9.20. The van der Waals surface area contributed by atoms with Crippen molar-refractivity contribution in [2.24, 2.45) is 11.8 Å². The summed E-state index contributed by atoms with van der Waals surface area (Å²) in [6.07, 6.45) is 5.21. The van der Waals surface area contributed by atoms with E-state index in [2.05, 4.69) is 35.9 Å². The number of likely N-dealkylation sites (tertiary alicyclic amines) is 1. The van der Waals surface area contributed by atoms with Crippen molar-refractivity contribution in [1.29, 1.82) is 0 Å². The Morgan fingerprint density at radius 2 is 2.38 bits per heavy atom. The zero-order chi connectivity index (χ0) is 17.9. The standard InChI is InChI=1S/C15H19N9OS/c16-22-11(12-10-3-4-17-13(10)19-7-18-12)9-2-1-5-24(6-9)15(25)21-14-23-20-8-26-14/h3-4,7-9,11,22H,1-2,5-6,16H2,(H,17,18,19)(H,21,23,25). The molecule has 0 aliphatic carbocycles. The van der Waals surface area contributed by atoms with Gasteiger partial charge in [0.15, 0.2) is 0 Å². The van der Waals surface area contributed by atoms with Crippen LogP contribution in [0.3, 0.4) is 0 Å². The molecular weight excluding hydrogens is 354 g/mol. The predicted octanol–water partition coefficient (Wildman–Crippen LogP) is 1.26. The maximum atomic E-state index is 12.5. The number of aromatic amines is 1. The SMILES string of the molecule is NNC(c1ncnc2[nH]ccc12)C1CCCN(C(=O)Nc2nncs2)C1. The fourth-order valence-corrected chi connectivity index (χ4v) is 3.88. The summed E-state index contributed by atoms with van der Waals surface area (Å²) >= 11 is 1.29. The summed E-state index contributed by atoms with van der Waals surface area (Å²) in [5.41, 5.74) is 6.09. The molecule has 5 N–H and O–H groups in total. The number of urea groups is 1. The van der Waals surface area contributed by atoms with Gasteiger partial charge in [-0.3, -0.25) is 16.6 Å². The molecule has 4 heterocycles. The topological polar surface area (TPSA) is 138 Å². The molecule has 10 nitrogen and oxygen atoms in total. The van der Waals surface area contributed by atoms with Crippen molar-refractivity contribution in [2.45, 2.75) is 18.9 Å². The van der Waals surface area contributed by atoms with E-state index < -0.39 is 0 Å². The molecule has 1 aliphatic heterocycles. The second-order valence-corrected chi connectivity index (χ2v) is 7.00. The van der Waals surface area contributed by atoms with Gasteiger partial charge >= 0.3 is 6.03 Å². The first-order valence-electron chi connectivity index (χ1n) is 8.32. The number of anilines is 1. The molecule has 1 saturated heterocycles. The number of hydrogen-bond donors (Lipinski definition) is 4. The Balaban J connectivity index is 1.52. The smallest absolute Gasteiger partial charge is 0.323 e. The van der Waals surface area contributed by atoms with Crippen molar-refractivity contribution in [3.63, 3.8) is 0 Å². The summed E-state index contributed by atoms with van der Waals surface area (Å²) in [6, 6.07) is 1.60. The van der Waals surface area contributed by atoms with Crippen molar-refractivity contribution in [3.05, 3.63) is 29.8 Å². The first kappa shape index (κ1) is 16.8. The Hall–Kier alpha value is -2.63. The van der Waals surface area contributed by atoms with Gasteiger partial charge in [0.1, 0.15) is 17.5 Å². The van der Waals surface area contributed by atoms with Crippen molar-refractivity contribution in [3.8, 4) is 0 Å². The highest BCUT2D eigenvalue weighted by molar-refractivity contribution is 7.13. The number of carbonyl (C=O) groups is 1. The number of rotatable bonds is 4. The van der Waals surface area contributed by atoms with Gasteiger partial charge in [-0.15, -0.1) is 10.2 Å². The number of amides is 2. The lowest BCUT2D eigenvalue weighted by atomic mass is 9.88. The van der Waals surface area contributed by atoms with Gasteiger partial charge in [0, 0.05) is 24.7 Å². The summed E-state index contributed by atoms with van der Waals surface area (Å²) in [4.78, 5) is 26.0. The minimum atomic E-state index is -0.173. The molecule has 1 aliphatic rings. The molecule has 3 aromatic rings. The Morgan fingerprint density at radius 1 is 1.46 bits per heavy atom. The summed E-state index contributed by atoms with van der Waals surface area (Å²) in [6.45, 7) is 1.27. The monoisotopic (exact) mass is 373 g/mol. The van der Waals surface area contributed by atoms with E-state index in [0.29, 0.717) is 18.2 Å². The molecule has 0 aromatic carbocycles. The molecule has 3 aromatic heterocycles. The van der Waals surface area contributed by atoms with Crippen LogP contribution < -0.4 is 16.6 Å². The van der Waals surface area contributed by atoms with E-state index >= 15 is 0 Å². The Morgan fingerprint density at radius 3 is 3.19 bits per heavy atom. The van der Waals surface area contributed by atoms with Crippen molar-refractivity contribution < 1.29 is 4.79 Å². The van der Waals surface area contributed by atoms with E-state index in [4.69, 9.17) is 5.84 Å². The van der Waals surface area contributed by atoms with Gasteiger partial charge < -0.3 is 9.88 Å². The maximum absolute atomic E-state index is 12.5. The average Bonchev–Trinajstić information content (AvgIpc) is 3.34. The molecule has 136 valence electrons. The highest BCUT2D eigenvalue weighted by Crippen LogP contribution is 2.31. The van der Waals surface area contributed by atoms with E-state index in [-0.39, 0.29) is 18.0 Å². The third kappa shape index (κ3) is 3.23. The quantitative estimate of drug-likeness (QED) is 0.399. The van der Waals surface area contributed by atoms with Gasteiger partial charge in [0.2, 0.25) is 5.13 Å². The Bertz CT molecular complexity index is 880. The average molecular weight is 373 g/mol. The number of H-pyrrole nitrogens is 1. The van der Waals surface area contributed by atoms with Crippen LogP contribution in [-0.4, -0.2) is 49.2 Å². The normalized spacial score (nSPS) is 18.8. The van der Waals surface area contributed by atoms with E-state index in [1.54, 1.807) is 10.4 Å². The fraction of sp³-hybridized carbons (Fsp3) is 0.400. The molecule has 0 saturated carbocycles. The molecule has 1 fully saturated rings. The summed E-state index contributed by atoms with van der Waals surface area (Å²) in [7, 11) is 0. The highest BCUT2D eigenvalue weighted by Gasteiger charge is 2.32. The van der Waals surface area contributed by atoms with Gasteiger partial charge in [0.25, 0.3) is 0 Å². The molecule has 0 radical (unpaired) electrons. The van der Waals surface area contributed by atoms with E-state index in [1.165, 1.54) is 17.7 Å². The minimum absolute atomic E-state index is 0.141. The molecule has 2 unspecified atom stereocenters. The lowest BCUT2D eigenvalue weighted by molar-refractivity contribution is 0.159. The number of aromatic nitrogens is 5. The van der Waals surface area contributed by atoms with Crippen LogP contribution in [0.2, 0.25) is 0 Å². The number of fused-ring (bicyclic) bond motifs is 1. The van der Waals surface area contributed by atoms with Crippen molar-refractivity contribution in [1.82, 2.24) is 35.5 Å². The molecule has 2 atom stereocenters. The van der Waals surface area contributed by atoms with Gasteiger partial charge in [-0.2, -0.15) is 0 Å². The van der Waals surface area contributed by atoms with Gasteiger partial charge in [-0.05, 0) is 24.8 Å². The van der Waals surface area contributed by atoms with E-state index in [0.717, 1.165) is 29.6 Å². The number of hydrogen-bond acceptors (Lipinski definition) is 8. The van der Waals surface area contributed by atoms with E-state index in [9.17, 15) is 4.79 Å². The number of hydrazine groups is 1. The zero-order valence-electron chi connectivity index (χ0n) is 13.9. The summed E-state index contributed by atoms with van der Waals surface area (Å²) in [5, 5.41) is 11.8. The molecule has 2 amide bonds. The Kier molecular flexibility index (Phi) is 4.73. The predicted molar refractivity (Wildman–Crippen MR) is 97.2 cm³/mol. The molecular formula is C15H19N9OS. The number of nitrogens with zero attached hydrogens (tertiary/aromatic N) is 5. The number of carbonyl (C=O) groups excluding carboxylic acids is 1. The van der Waals surface area contributed by atoms with Crippen LogP contribution >= 0.6 is 11.3 Å². The van der Waals surface area contributed by atoms with Crippen LogP contribution in [0.25, 0.3) is 11.0 Å². The zero-order valence-corrected chi connectivity index (χ0v) is 14.7. The third-order valence-corrected chi connectivity index (χ3v) is 5.26. The van der Waals surface area contributed by atoms with Crippen LogP contribution in [0, 0.1) is 5.92 Å². The Labute approximate surface area is 153 Å². The van der Waals surface area contributed by atoms with Crippen LogP contribution in [0.4, 0.5) is 9.93 Å². The fourth-order valence-electron chi connectivity index (χ4n) is 3.44. The van der Waals surface area contributed by atoms with Crippen LogP contribution in [0.1, 0.15) is 24.6 Å². The number of nitrogens with one attached hydrogen (secondary N) is 3. The summed E-state index contributed by atoms with van der Waals surface area (Å²) < 4.78 is 0. The highest BCUT2D eigenvalue weighted by atomic mass is 32.1.